The SMILES string of the molecule is CO[C@H]1CCN(Cc2cc3c(C(F)(F)F)cn(-c4cccc(C5(c6nncn6C)CCC5)c4)c(=O)c3[nH]2)C[C@H]1F. The average molecular weight is 559 g/mol. The highest BCUT2D eigenvalue weighted by Gasteiger charge is 2.44. The molecule has 6 rings (SSSR count). The van der Waals surface area contributed by atoms with Gasteiger partial charge in [-0.05, 0) is 43.0 Å². The number of aromatic nitrogens is 5. The van der Waals surface area contributed by atoms with Gasteiger partial charge in [0, 0.05) is 56.8 Å². The molecule has 1 saturated heterocycles. The van der Waals surface area contributed by atoms with Crippen LogP contribution in [0.25, 0.3) is 16.6 Å². The molecule has 8 nitrogen and oxygen atoms in total. The molecular weight excluding hydrogens is 528 g/mol. The summed E-state index contributed by atoms with van der Waals surface area (Å²) in [7, 11) is 3.33. The minimum atomic E-state index is -4.69. The third kappa shape index (κ3) is 4.43. The molecule has 3 aromatic heterocycles. The first-order valence-electron chi connectivity index (χ1n) is 13.3. The molecule has 0 amide bonds. The van der Waals surface area contributed by atoms with Crippen LogP contribution < -0.4 is 5.56 Å². The van der Waals surface area contributed by atoms with Gasteiger partial charge in [0.1, 0.15) is 23.8 Å². The van der Waals surface area contributed by atoms with Crippen LogP contribution in [0.4, 0.5) is 17.6 Å². The summed E-state index contributed by atoms with van der Waals surface area (Å²) in [5.74, 6) is 0.786. The van der Waals surface area contributed by atoms with E-state index in [4.69, 9.17) is 4.74 Å². The maximum Gasteiger partial charge on any atom is 0.418 e. The normalized spacial score (nSPS) is 21.6. The number of nitrogens with zero attached hydrogens (tertiary/aromatic N) is 5. The van der Waals surface area contributed by atoms with Crippen molar-refractivity contribution in [3.8, 4) is 5.69 Å². The number of fused-ring (bicyclic) bond motifs is 1. The monoisotopic (exact) mass is 558 g/mol. The van der Waals surface area contributed by atoms with E-state index >= 15 is 0 Å². The van der Waals surface area contributed by atoms with Gasteiger partial charge in [-0.25, -0.2) is 4.39 Å². The van der Waals surface area contributed by atoms with Crippen LogP contribution in [0.1, 0.15) is 48.3 Å². The second kappa shape index (κ2) is 9.84. The predicted octanol–water partition coefficient (Wildman–Crippen LogP) is 4.49. The zero-order chi connectivity index (χ0) is 28.2. The zero-order valence-electron chi connectivity index (χ0n) is 22.2. The second-order valence-corrected chi connectivity index (χ2v) is 10.9. The number of halogens is 4. The fourth-order valence-electron chi connectivity index (χ4n) is 6.21. The molecule has 2 atom stereocenters. The summed E-state index contributed by atoms with van der Waals surface area (Å²) in [6.45, 7) is 0.826. The predicted molar refractivity (Wildman–Crippen MR) is 140 cm³/mol. The third-order valence-electron chi connectivity index (χ3n) is 8.45. The molecule has 0 radical (unpaired) electrons. The van der Waals surface area contributed by atoms with Crippen LogP contribution in [0.5, 0.6) is 0 Å². The molecule has 2 aliphatic rings. The molecule has 1 saturated carbocycles. The number of benzene rings is 1. The average Bonchev–Trinajstić information content (AvgIpc) is 3.50. The van der Waals surface area contributed by atoms with E-state index in [1.165, 1.54) is 13.2 Å². The molecule has 1 aliphatic heterocycles. The molecule has 4 aromatic rings. The Kier molecular flexibility index (Phi) is 6.57. The summed E-state index contributed by atoms with van der Waals surface area (Å²) >= 11 is 0. The molecule has 4 heterocycles. The molecule has 40 heavy (non-hydrogen) atoms. The van der Waals surface area contributed by atoms with Gasteiger partial charge in [-0.3, -0.25) is 14.3 Å². The summed E-state index contributed by atoms with van der Waals surface area (Å²) in [4.78, 5) is 18.4. The van der Waals surface area contributed by atoms with Gasteiger partial charge in [-0.15, -0.1) is 10.2 Å². The fourth-order valence-corrected chi connectivity index (χ4v) is 6.21. The Morgan fingerprint density at radius 2 is 2.02 bits per heavy atom. The first-order chi connectivity index (χ1) is 19.1. The van der Waals surface area contributed by atoms with Crippen molar-refractivity contribution in [1.82, 2.24) is 29.2 Å². The molecular formula is C28H30F4N6O2. The van der Waals surface area contributed by atoms with Crippen LogP contribution in [-0.2, 0) is 29.9 Å². The molecule has 212 valence electrons. The van der Waals surface area contributed by atoms with Crippen LogP contribution in [0.2, 0.25) is 0 Å². The molecule has 0 bridgehead atoms. The van der Waals surface area contributed by atoms with Crippen LogP contribution in [0.3, 0.4) is 0 Å². The quantitative estimate of drug-likeness (QED) is 0.353. The number of hydrogen-bond acceptors (Lipinski definition) is 5. The first kappa shape index (κ1) is 26.7. The van der Waals surface area contributed by atoms with Gasteiger partial charge >= 0.3 is 6.18 Å². The largest absolute Gasteiger partial charge is 0.418 e. The lowest BCUT2D eigenvalue weighted by molar-refractivity contribution is -0.136. The Morgan fingerprint density at radius 3 is 2.65 bits per heavy atom. The number of likely N-dealkylation sites (tertiary alicyclic amines) is 1. The van der Waals surface area contributed by atoms with Crippen molar-refractivity contribution in [2.75, 3.05) is 20.2 Å². The Morgan fingerprint density at radius 1 is 1.23 bits per heavy atom. The van der Waals surface area contributed by atoms with E-state index in [1.54, 1.807) is 24.5 Å². The van der Waals surface area contributed by atoms with Crippen LogP contribution in [0.15, 0.2) is 47.7 Å². The van der Waals surface area contributed by atoms with E-state index in [1.807, 2.05) is 22.6 Å². The van der Waals surface area contributed by atoms with Crippen molar-refractivity contribution in [2.45, 2.75) is 56.1 Å². The van der Waals surface area contributed by atoms with Gasteiger partial charge < -0.3 is 14.3 Å². The number of aromatic amines is 1. The van der Waals surface area contributed by atoms with Gasteiger partial charge in [0.15, 0.2) is 0 Å². The number of piperidine rings is 1. The maximum absolute atomic E-state index is 14.4. The maximum atomic E-state index is 14.4. The van der Waals surface area contributed by atoms with Crippen molar-refractivity contribution in [2.24, 2.45) is 7.05 Å². The molecule has 0 unspecified atom stereocenters. The molecule has 1 N–H and O–H groups in total. The third-order valence-corrected chi connectivity index (χ3v) is 8.45. The van der Waals surface area contributed by atoms with Gasteiger partial charge in [0.05, 0.1) is 17.1 Å². The number of pyridine rings is 1. The van der Waals surface area contributed by atoms with E-state index in [9.17, 15) is 22.4 Å². The van der Waals surface area contributed by atoms with Crippen LogP contribution in [0, 0.1) is 0 Å². The number of nitrogens with one attached hydrogen (secondary N) is 1. The number of aryl methyl sites for hydroxylation is 1. The first-order valence-corrected chi connectivity index (χ1v) is 13.3. The minimum absolute atomic E-state index is 0.101. The van der Waals surface area contributed by atoms with Crippen LogP contribution >= 0.6 is 0 Å². The minimum Gasteiger partial charge on any atom is -0.378 e. The van der Waals surface area contributed by atoms with E-state index in [2.05, 4.69) is 15.2 Å². The molecule has 0 spiro atoms. The van der Waals surface area contributed by atoms with Gasteiger partial charge in [-0.1, -0.05) is 18.6 Å². The molecule has 2 fully saturated rings. The standard InChI is InChI=1S/C28H30F4N6O2/c1-36-16-33-35-26(36)27(8-4-9-27)17-5-3-6-19(11-17)38-14-21(28(30,31)32)20-12-18(34-24(20)25(38)39)13-37-10-7-23(40-2)22(29)15-37/h3,5-6,11-12,14,16,22-23,34H,4,7-10,13,15H2,1-2H3/t22-,23+/m1/s1. The Bertz CT molecular complexity index is 1600. The number of methoxy groups -OCH3 is 1. The molecule has 1 aliphatic carbocycles. The lowest BCUT2D eigenvalue weighted by Gasteiger charge is -2.41. The zero-order valence-corrected chi connectivity index (χ0v) is 22.2. The lowest BCUT2D eigenvalue weighted by atomic mass is 9.63. The van der Waals surface area contributed by atoms with E-state index in [0.717, 1.165) is 41.4 Å². The number of alkyl halides is 4. The Balaban J connectivity index is 1.41. The second-order valence-electron chi connectivity index (χ2n) is 10.9. The Labute approximate surface area is 227 Å². The summed E-state index contributed by atoms with van der Waals surface area (Å²) in [5.41, 5.74) is -0.418. The van der Waals surface area contributed by atoms with E-state index in [-0.39, 0.29) is 24.0 Å². The van der Waals surface area contributed by atoms with Gasteiger partial charge in [0.2, 0.25) is 0 Å². The summed E-state index contributed by atoms with van der Waals surface area (Å²) in [6, 6.07) is 8.43. The Hall–Kier alpha value is -3.51. The number of hydrogen-bond donors (Lipinski definition) is 1. The highest BCUT2D eigenvalue weighted by atomic mass is 19.4. The lowest BCUT2D eigenvalue weighted by Crippen LogP contribution is -2.44. The van der Waals surface area contributed by atoms with Crippen molar-refractivity contribution in [1.29, 1.82) is 0 Å². The number of H-pyrrole nitrogens is 1. The van der Waals surface area contributed by atoms with Gasteiger partial charge in [0.25, 0.3) is 5.56 Å². The number of rotatable bonds is 6. The highest BCUT2D eigenvalue weighted by molar-refractivity contribution is 5.84. The van der Waals surface area contributed by atoms with E-state index < -0.39 is 35.0 Å². The van der Waals surface area contributed by atoms with Crippen molar-refractivity contribution >= 4 is 10.9 Å². The molecule has 1 aromatic carbocycles. The van der Waals surface area contributed by atoms with E-state index in [0.29, 0.717) is 24.3 Å². The summed E-state index contributed by atoms with van der Waals surface area (Å²) in [5, 5.41) is 8.13. The fraction of sp³-hybridized carbons (Fsp3) is 0.464. The topological polar surface area (TPSA) is 81.0 Å². The highest BCUT2D eigenvalue weighted by Crippen LogP contribution is 2.48. The van der Waals surface area contributed by atoms with Gasteiger partial charge in [-0.2, -0.15) is 13.2 Å². The van der Waals surface area contributed by atoms with Crippen molar-refractivity contribution in [3.63, 3.8) is 0 Å². The summed E-state index contributed by atoms with van der Waals surface area (Å²) in [6.07, 6.45) is -0.769. The van der Waals surface area contributed by atoms with Crippen molar-refractivity contribution < 1.29 is 22.3 Å². The number of ether oxygens (including phenoxy) is 1. The smallest absolute Gasteiger partial charge is 0.378 e. The summed E-state index contributed by atoms with van der Waals surface area (Å²) < 4.78 is 65.3. The van der Waals surface area contributed by atoms with Crippen molar-refractivity contribution in [3.05, 3.63) is 75.9 Å². The molecule has 12 heteroatoms. The van der Waals surface area contributed by atoms with Crippen LogP contribution in [-0.4, -0.2) is 61.7 Å².